The summed E-state index contributed by atoms with van der Waals surface area (Å²) in [6.07, 6.45) is 2.36. The van der Waals surface area contributed by atoms with E-state index >= 15 is 0 Å². The number of hydrogen-bond acceptors (Lipinski definition) is 3. The summed E-state index contributed by atoms with van der Waals surface area (Å²) in [5.74, 6) is 0.156. The van der Waals surface area contributed by atoms with Crippen LogP contribution in [0.25, 0.3) is 0 Å². The molecular formula is C14H18ClN3OS. The molecule has 0 saturated carbocycles. The monoisotopic (exact) mass is 311 g/mol. The first-order valence-corrected chi connectivity index (χ1v) is 7.38. The molecule has 0 radical (unpaired) electrons. The Kier molecular flexibility index (Phi) is 4.83. The third-order valence-electron chi connectivity index (χ3n) is 3.67. The van der Waals surface area contributed by atoms with Gasteiger partial charge >= 0.3 is 0 Å². The van der Waals surface area contributed by atoms with Gasteiger partial charge in [0.1, 0.15) is 4.99 Å². The molecule has 1 aromatic carbocycles. The lowest BCUT2D eigenvalue weighted by molar-refractivity contribution is -0.119. The molecule has 1 aliphatic rings. The van der Waals surface area contributed by atoms with E-state index < -0.39 is 0 Å². The van der Waals surface area contributed by atoms with Crippen LogP contribution in [0.1, 0.15) is 24.8 Å². The van der Waals surface area contributed by atoms with E-state index in [2.05, 4.69) is 4.90 Å². The van der Waals surface area contributed by atoms with Crippen LogP contribution in [0.2, 0.25) is 5.02 Å². The minimum atomic E-state index is -0.223. The Morgan fingerprint density at radius 3 is 2.55 bits per heavy atom. The first-order valence-electron chi connectivity index (χ1n) is 6.60. The molecule has 0 bridgehead atoms. The highest BCUT2D eigenvalue weighted by Gasteiger charge is 2.22. The van der Waals surface area contributed by atoms with Gasteiger partial charge in [0.15, 0.2) is 0 Å². The van der Waals surface area contributed by atoms with Gasteiger partial charge in [-0.15, -0.1) is 0 Å². The zero-order valence-corrected chi connectivity index (χ0v) is 12.7. The predicted octanol–water partition coefficient (Wildman–Crippen LogP) is 2.07. The number of primary amides is 1. The fourth-order valence-electron chi connectivity index (χ4n) is 2.64. The number of rotatable bonds is 4. The van der Waals surface area contributed by atoms with Crippen LogP contribution in [0, 0.1) is 5.92 Å². The Bertz CT molecular complexity index is 527. The van der Waals surface area contributed by atoms with Crippen molar-refractivity contribution in [1.29, 1.82) is 0 Å². The van der Waals surface area contributed by atoms with Gasteiger partial charge in [0.05, 0.1) is 0 Å². The summed E-state index contributed by atoms with van der Waals surface area (Å²) >= 11 is 11.1. The summed E-state index contributed by atoms with van der Waals surface area (Å²) in [5, 5.41) is 0.625. The molecule has 2 rings (SSSR count). The van der Waals surface area contributed by atoms with Crippen molar-refractivity contribution in [2.75, 3.05) is 18.0 Å². The van der Waals surface area contributed by atoms with Crippen LogP contribution < -0.4 is 16.4 Å². The lowest BCUT2D eigenvalue weighted by atomic mass is 9.92. The second kappa shape index (κ2) is 6.41. The molecule has 1 amide bonds. The normalized spacial score (nSPS) is 16.1. The SMILES string of the molecule is NC(=O)CC1CCN(c2ccc(Cl)cc2C(N)=S)CC1. The summed E-state index contributed by atoms with van der Waals surface area (Å²) in [7, 11) is 0. The smallest absolute Gasteiger partial charge is 0.217 e. The van der Waals surface area contributed by atoms with E-state index in [9.17, 15) is 4.79 Å². The molecule has 0 atom stereocenters. The number of hydrogen-bond donors (Lipinski definition) is 2. The van der Waals surface area contributed by atoms with E-state index in [4.69, 9.17) is 35.3 Å². The number of anilines is 1. The fraction of sp³-hybridized carbons (Fsp3) is 0.429. The molecule has 4 N–H and O–H groups in total. The molecule has 0 aromatic heterocycles. The molecule has 6 heteroatoms. The molecule has 0 unspecified atom stereocenters. The van der Waals surface area contributed by atoms with Gasteiger partial charge in [0.25, 0.3) is 0 Å². The zero-order valence-electron chi connectivity index (χ0n) is 11.1. The quantitative estimate of drug-likeness (QED) is 0.835. The van der Waals surface area contributed by atoms with E-state index in [-0.39, 0.29) is 5.91 Å². The van der Waals surface area contributed by atoms with Crippen LogP contribution in [-0.4, -0.2) is 24.0 Å². The second-order valence-corrected chi connectivity index (χ2v) is 6.00. The number of halogens is 1. The van der Waals surface area contributed by atoms with Gasteiger partial charge < -0.3 is 16.4 Å². The van der Waals surface area contributed by atoms with Gasteiger partial charge in [-0.1, -0.05) is 23.8 Å². The van der Waals surface area contributed by atoms with Gasteiger partial charge in [-0.05, 0) is 37.0 Å². The van der Waals surface area contributed by atoms with Gasteiger partial charge in [-0.2, -0.15) is 0 Å². The standard InChI is InChI=1S/C14H18ClN3OS/c15-10-1-2-12(11(8-10)14(17)20)18-5-3-9(4-6-18)7-13(16)19/h1-2,8-9H,3-7H2,(H2,16,19)(H2,17,20). The van der Waals surface area contributed by atoms with E-state index in [1.165, 1.54) is 0 Å². The lowest BCUT2D eigenvalue weighted by Gasteiger charge is -2.34. The van der Waals surface area contributed by atoms with Crippen LogP contribution >= 0.6 is 23.8 Å². The predicted molar refractivity (Wildman–Crippen MR) is 86.1 cm³/mol. The van der Waals surface area contributed by atoms with Gasteiger partial charge in [-0.3, -0.25) is 4.79 Å². The maximum Gasteiger partial charge on any atom is 0.217 e. The maximum absolute atomic E-state index is 11.0. The molecule has 20 heavy (non-hydrogen) atoms. The molecule has 1 heterocycles. The fourth-order valence-corrected chi connectivity index (χ4v) is 2.98. The van der Waals surface area contributed by atoms with E-state index in [1.54, 1.807) is 6.07 Å². The maximum atomic E-state index is 11.0. The van der Waals surface area contributed by atoms with E-state index in [1.807, 2.05) is 12.1 Å². The average Bonchev–Trinajstić information content (AvgIpc) is 2.39. The van der Waals surface area contributed by atoms with Crippen molar-refractivity contribution in [2.24, 2.45) is 17.4 Å². The summed E-state index contributed by atoms with van der Waals surface area (Å²) < 4.78 is 0. The number of benzene rings is 1. The third kappa shape index (κ3) is 3.61. The van der Waals surface area contributed by atoms with Crippen LogP contribution in [0.3, 0.4) is 0 Å². The number of carbonyl (C=O) groups excluding carboxylic acids is 1. The van der Waals surface area contributed by atoms with Crippen LogP contribution in [0.15, 0.2) is 18.2 Å². The Balaban J connectivity index is 2.11. The lowest BCUT2D eigenvalue weighted by Crippen LogP contribution is -2.36. The third-order valence-corrected chi connectivity index (χ3v) is 4.12. The van der Waals surface area contributed by atoms with Gasteiger partial charge in [0.2, 0.25) is 5.91 Å². The van der Waals surface area contributed by atoms with Crippen molar-refractivity contribution in [3.05, 3.63) is 28.8 Å². The molecule has 0 spiro atoms. The van der Waals surface area contributed by atoms with Crippen molar-refractivity contribution in [3.8, 4) is 0 Å². The highest BCUT2D eigenvalue weighted by Crippen LogP contribution is 2.29. The average molecular weight is 312 g/mol. The molecule has 1 aromatic rings. The zero-order chi connectivity index (χ0) is 14.7. The molecule has 1 aliphatic heterocycles. The largest absolute Gasteiger partial charge is 0.389 e. The first kappa shape index (κ1) is 15.1. The Hall–Kier alpha value is -1.33. The van der Waals surface area contributed by atoms with Crippen molar-refractivity contribution in [2.45, 2.75) is 19.3 Å². The highest BCUT2D eigenvalue weighted by atomic mass is 35.5. The Morgan fingerprint density at radius 1 is 1.35 bits per heavy atom. The molecule has 4 nitrogen and oxygen atoms in total. The first-order chi connectivity index (χ1) is 9.47. The summed E-state index contributed by atoms with van der Waals surface area (Å²) in [4.78, 5) is 13.5. The summed E-state index contributed by atoms with van der Waals surface area (Å²) in [5.41, 5.74) is 12.8. The van der Waals surface area contributed by atoms with Crippen molar-refractivity contribution >= 4 is 40.4 Å². The van der Waals surface area contributed by atoms with E-state index in [0.717, 1.165) is 37.2 Å². The van der Waals surface area contributed by atoms with Gasteiger partial charge in [0, 0.05) is 35.8 Å². The van der Waals surface area contributed by atoms with Crippen LogP contribution in [0.4, 0.5) is 5.69 Å². The minimum absolute atomic E-state index is 0.223. The molecule has 0 aliphatic carbocycles. The number of piperidine rings is 1. The van der Waals surface area contributed by atoms with Crippen molar-refractivity contribution in [3.63, 3.8) is 0 Å². The minimum Gasteiger partial charge on any atom is -0.389 e. The molecular weight excluding hydrogens is 294 g/mol. The number of thiocarbonyl (C=S) groups is 1. The van der Waals surface area contributed by atoms with Crippen molar-refractivity contribution < 1.29 is 4.79 Å². The number of nitrogens with two attached hydrogens (primary N) is 2. The number of nitrogens with zero attached hydrogens (tertiary/aromatic N) is 1. The summed E-state index contributed by atoms with van der Waals surface area (Å²) in [6.45, 7) is 1.74. The van der Waals surface area contributed by atoms with Crippen molar-refractivity contribution in [1.82, 2.24) is 0 Å². The van der Waals surface area contributed by atoms with Crippen LogP contribution in [0.5, 0.6) is 0 Å². The molecule has 1 fully saturated rings. The molecule has 108 valence electrons. The Morgan fingerprint density at radius 2 is 2.00 bits per heavy atom. The highest BCUT2D eigenvalue weighted by molar-refractivity contribution is 7.80. The Labute approximate surface area is 129 Å². The number of carbonyl (C=O) groups is 1. The second-order valence-electron chi connectivity index (χ2n) is 5.13. The molecule has 1 saturated heterocycles. The van der Waals surface area contributed by atoms with Gasteiger partial charge in [-0.25, -0.2) is 0 Å². The topological polar surface area (TPSA) is 72.4 Å². The van der Waals surface area contributed by atoms with Crippen LogP contribution in [-0.2, 0) is 4.79 Å². The van der Waals surface area contributed by atoms with E-state index in [0.29, 0.717) is 22.3 Å². The number of amides is 1. The summed E-state index contributed by atoms with van der Waals surface area (Å²) in [6, 6.07) is 5.59.